The van der Waals surface area contributed by atoms with Crippen LogP contribution in [0.15, 0.2) is 53.5 Å². The first-order chi connectivity index (χ1) is 15.6. The van der Waals surface area contributed by atoms with Gasteiger partial charge in [0, 0.05) is 36.3 Å². The van der Waals surface area contributed by atoms with Crippen molar-refractivity contribution in [1.29, 1.82) is 0 Å². The highest BCUT2D eigenvalue weighted by Gasteiger charge is 2.23. The van der Waals surface area contributed by atoms with E-state index in [2.05, 4.69) is 14.9 Å². The number of fused-ring (bicyclic) bond motifs is 2. The Balaban J connectivity index is 1.56. The summed E-state index contributed by atoms with van der Waals surface area (Å²) in [6.07, 6.45) is 9.94. The molecule has 0 amide bonds. The van der Waals surface area contributed by atoms with E-state index in [0.29, 0.717) is 16.6 Å². The summed E-state index contributed by atoms with van der Waals surface area (Å²) >= 11 is 0. The van der Waals surface area contributed by atoms with Crippen LogP contribution in [0.2, 0.25) is 0 Å². The zero-order valence-electron chi connectivity index (χ0n) is 17.1. The molecule has 1 aliphatic heterocycles. The summed E-state index contributed by atoms with van der Waals surface area (Å²) in [5.41, 5.74) is 3.45. The third kappa shape index (κ3) is 2.86. The maximum absolute atomic E-state index is 14.4. The molecule has 0 bridgehead atoms. The van der Waals surface area contributed by atoms with E-state index in [1.807, 2.05) is 28.9 Å². The number of halogens is 2. The zero-order valence-corrected chi connectivity index (χ0v) is 17.1. The summed E-state index contributed by atoms with van der Waals surface area (Å²) in [7, 11) is 0. The monoisotopic (exact) mass is 431 g/mol. The first kappa shape index (κ1) is 18.9. The highest BCUT2D eigenvalue weighted by molar-refractivity contribution is 5.91. The highest BCUT2D eigenvalue weighted by Crippen LogP contribution is 2.33. The summed E-state index contributed by atoms with van der Waals surface area (Å²) in [6, 6.07) is 5.97. The molecular formula is C24H19F2N5O. The number of pyridine rings is 2. The van der Waals surface area contributed by atoms with Gasteiger partial charge in [-0.1, -0.05) is 18.2 Å². The molecule has 2 aliphatic rings. The van der Waals surface area contributed by atoms with E-state index >= 15 is 0 Å². The van der Waals surface area contributed by atoms with Crippen LogP contribution in [0, 0.1) is 11.6 Å². The lowest BCUT2D eigenvalue weighted by molar-refractivity contribution is 0.515. The molecule has 8 heteroatoms. The van der Waals surface area contributed by atoms with Crippen LogP contribution in [0.4, 0.5) is 14.5 Å². The van der Waals surface area contributed by atoms with Crippen LogP contribution in [0.25, 0.3) is 27.6 Å². The number of rotatable bonds is 4. The fourth-order valence-corrected chi connectivity index (χ4v) is 4.57. The van der Waals surface area contributed by atoms with Crippen LogP contribution in [0.3, 0.4) is 0 Å². The first-order valence-corrected chi connectivity index (χ1v) is 10.6. The number of anilines is 1. The number of imidazole rings is 1. The number of benzene rings is 1. The molecule has 0 unspecified atom stereocenters. The molecule has 0 radical (unpaired) electrons. The average molecular weight is 431 g/mol. The minimum Gasteiger partial charge on any atom is -0.370 e. The lowest BCUT2D eigenvalue weighted by atomic mass is 10.1. The van der Waals surface area contributed by atoms with Gasteiger partial charge in [-0.25, -0.2) is 18.7 Å². The van der Waals surface area contributed by atoms with Crippen molar-refractivity contribution in [2.24, 2.45) is 0 Å². The molecule has 160 valence electrons. The molecule has 1 aromatic carbocycles. The standard InChI is InChI=1S/C24H19F2N5O/c25-17-7-6-16-15(12-19(32)28-21(16)20(17)26)13-31-23(14-4-3-5-14)29-22-18(8-9-27-24(22)31)30-10-1-2-11-30/h3-9,12H,1-2,10-11,13H2,(H,28,32). The predicted octanol–water partition coefficient (Wildman–Crippen LogP) is 4.15. The van der Waals surface area contributed by atoms with Gasteiger partial charge in [-0.2, -0.15) is 0 Å². The topological polar surface area (TPSA) is 66.8 Å². The zero-order chi connectivity index (χ0) is 21.8. The number of hydrogen-bond acceptors (Lipinski definition) is 4. The molecule has 3 aromatic heterocycles. The predicted molar refractivity (Wildman–Crippen MR) is 120 cm³/mol. The Morgan fingerprint density at radius 3 is 2.69 bits per heavy atom. The van der Waals surface area contributed by atoms with Gasteiger partial charge in [-0.3, -0.25) is 4.79 Å². The summed E-state index contributed by atoms with van der Waals surface area (Å²) in [5, 5.41) is 0.449. The lowest BCUT2D eigenvalue weighted by Crippen LogP contribution is -2.18. The van der Waals surface area contributed by atoms with Gasteiger partial charge in [-0.05, 0) is 36.6 Å². The molecular weight excluding hydrogens is 412 g/mol. The van der Waals surface area contributed by atoms with E-state index in [0.717, 1.165) is 54.6 Å². The van der Waals surface area contributed by atoms with Gasteiger partial charge in [0.05, 0.1) is 17.7 Å². The molecule has 1 fully saturated rings. The Morgan fingerprint density at radius 2 is 1.94 bits per heavy atom. The van der Waals surface area contributed by atoms with Crippen LogP contribution < -0.4 is 10.5 Å². The SMILES string of the molecule is O=c1cc(Cn2c(C3=CC=C3)nc3c(N4CCCC4)ccnc32)c2ccc(F)c(F)c2[nH]1. The van der Waals surface area contributed by atoms with Crippen LogP contribution in [-0.4, -0.2) is 32.6 Å². The molecule has 4 aromatic rings. The third-order valence-corrected chi connectivity index (χ3v) is 6.19. The molecule has 1 N–H and O–H groups in total. The van der Waals surface area contributed by atoms with Crippen molar-refractivity contribution < 1.29 is 8.78 Å². The second kappa shape index (κ2) is 7.12. The van der Waals surface area contributed by atoms with Gasteiger partial charge in [0.2, 0.25) is 5.56 Å². The summed E-state index contributed by atoms with van der Waals surface area (Å²) in [4.78, 5) is 26.5. The highest BCUT2D eigenvalue weighted by atomic mass is 19.2. The normalized spacial score (nSPS) is 15.6. The molecule has 4 heterocycles. The van der Waals surface area contributed by atoms with Crippen LogP contribution in [0.5, 0.6) is 0 Å². The van der Waals surface area contributed by atoms with Crippen molar-refractivity contribution in [3.63, 3.8) is 0 Å². The summed E-state index contributed by atoms with van der Waals surface area (Å²) in [5.74, 6) is -1.32. The summed E-state index contributed by atoms with van der Waals surface area (Å²) < 4.78 is 30.1. The Labute approximate surface area is 181 Å². The molecule has 0 saturated carbocycles. The Bertz CT molecular complexity index is 1510. The number of nitrogens with zero attached hydrogens (tertiary/aromatic N) is 4. The number of H-pyrrole nitrogens is 1. The number of aromatic nitrogens is 4. The fourth-order valence-electron chi connectivity index (χ4n) is 4.57. The second-order valence-corrected chi connectivity index (χ2v) is 8.14. The molecule has 0 atom stereocenters. The van der Waals surface area contributed by atoms with Gasteiger partial charge in [0.15, 0.2) is 17.3 Å². The van der Waals surface area contributed by atoms with E-state index in [-0.39, 0.29) is 12.1 Å². The Morgan fingerprint density at radius 1 is 1.12 bits per heavy atom. The van der Waals surface area contributed by atoms with Crippen molar-refractivity contribution in [3.05, 3.63) is 82.1 Å². The van der Waals surface area contributed by atoms with Crippen molar-refractivity contribution in [1.82, 2.24) is 19.5 Å². The lowest BCUT2D eigenvalue weighted by Gasteiger charge is -2.17. The van der Waals surface area contributed by atoms with Gasteiger partial charge in [0.25, 0.3) is 0 Å². The van der Waals surface area contributed by atoms with Crippen molar-refractivity contribution in [2.45, 2.75) is 19.4 Å². The van der Waals surface area contributed by atoms with Gasteiger partial charge >= 0.3 is 0 Å². The maximum Gasteiger partial charge on any atom is 0.248 e. The van der Waals surface area contributed by atoms with Gasteiger partial charge < -0.3 is 14.5 Å². The number of nitrogens with one attached hydrogen (secondary N) is 1. The summed E-state index contributed by atoms with van der Waals surface area (Å²) in [6.45, 7) is 2.21. The minimum absolute atomic E-state index is 0.132. The smallest absolute Gasteiger partial charge is 0.248 e. The van der Waals surface area contributed by atoms with E-state index in [9.17, 15) is 13.6 Å². The van der Waals surface area contributed by atoms with Crippen LogP contribution >= 0.6 is 0 Å². The average Bonchev–Trinajstić information content (AvgIpc) is 3.39. The second-order valence-electron chi connectivity index (χ2n) is 8.14. The molecule has 1 saturated heterocycles. The number of hydrogen-bond donors (Lipinski definition) is 1. The van der Waals surface area contributed by atoms with E-state index in [4.69, 9.17) is 4.98 Å². The van der Waals surface area contributed by atoms with Crippen LogP contribution in [0.1, 0.15) is 24.2 Å². The molecule has 0 spiro atoms. The maximum atomic E-state index is 14.4. The van der Waals surface area contributed by atoms with E-state index < -0.39 is 17.2 Å². The van der Waals surface area contributed by atoms with Crippen molar-refractivity contribution in [2.75, 3.05) is 18.0 Å². The fraction of sp³-hybridized carbons (Fsp3) is 0.208. The van der Waals surface area contributed by atoms with Crippen molar-refractivity contribution >= 4 is 33.3 Å². The molecule has 32 heavy (non-hydrogen) atoms. The quantitative estimate of drug-likeness (QED) is 0.527. The largest absolute Gasteiger partial charge is 0.370 e. The molecule has 6 rings (SSSR count). The minimum atomic E-state index is -1.06. The number of allylic oxidation sites excluding steroid dienone is 4. The first-order valence-electron chi connectivity index (χ1n) is 10.6. The van der Waals surface area contributed by atoms with Crippen molar-refractivity contribution in [3.8, 4) is 0 Å². The van der Waals surface area contributed by atoms with Gasteiger partial charge in [0.1, 0.15) is 11.3 Å². The van der Waals surface area contributed by atoms with Crippen LogP contribution in [-0.2, 0) is 6.54 Å². The van der Waals surface area contributed by atoms with Gasteiger partial charge in [-0.15, -0.1) is 0 Å². The third-order valence-electron chi connectivity index (χ3n) is 6.19. The number of aromatic amines is 1. The molecule has 1 aliphatic carbocycles. The van der Waals surface area contributed by atoms with E-state index in [1.54, 1.807) is 6.20 Å². The Kier molecular flexibility index (Phi) is 4.21. The van der Waals surface area contributed by atoms with E-state index in [1.165, 1.54) is 12.1 Å². The Hall–Kier alpha value is -3.81. The molecule has 6 nitrogen and oxygen atoms in total.